The lowest BCUT2D eigenvalue weighted by molar-refractivity contribution is -0.141. The summed E-state index contributed by atoms with van der Waals surface area (Å²) in [6, 6.07) is -0.835. The van der Waals surface area contributed by atoms with Gasteiger partial charge in [0, 0.05) is 12.5 Å². The Morgan fingerprint density at radius 2 is 1.87 bits per heavy atom. The van der Waals surface area contributed by atoms with Gasteiger partial charge in [-0.25, -0.2) is 0 Å². The highest BCUT2D eigenvalue weighted by atomic mass is 35.5. The van der Waals surface area contributed by atoms with Gasteiger partial charge in [-0.3, -0.25) is 19.3 Å². The van der Waals surface area contributed by atoms with E-state index in [1.807, 2.05) is 0 Å². The topological polar surface area (TPSA) is 78.5 Å². The average molecular weight is 346 g/mol. The highest BCUT2D eigenvalue weighted by molar-refractivity contribution is 6.07. The zero-order valence-corrected chi connectivity index (χ0v) is 14.9. The van der Waals surface area contributed by atoms with Gasteiger partial charge >= 0.3 is 0 Å². The molecule has 0 aromatic rings. The fraction of sp³-hybridized carbons (Fsp3) is 0.812. The van der Waals surface area contributed by atoms with Crippen molar-refractivity contribution in [3.8, 4) is 0 Å². The smallest absolute Gasteiger partial charge is 0.252 e. The van der Waals surface area contributed by atoms with Crippen LogP contribution in [0.15, 0.2) is 0 Å². The van der Waals surface area contributed by atoms with Gasteiger partial charge in [-0.2, -0.15) is 0 Å². The van der Waals surface area contributed by atoms with E-state index < -0.39 is 6.04 Å². The summed E-state index contributed by atoms with van der Waals surface area (Å²) in [5, 5.41) is 6.07. The van der Waals surface area contributed by atoms with Crippen molar-refractivity contribution in [1.29, 1.82) is 0 Å². The molecule has 3 amide bonds. The Labute approximate surface area is 144 Å². The van der Waals surface area contributed by atoms with Crippen LogP contribution < -0.4 is 10.6 Å². The lowest BCUT2D eigenvalue weighted by atomic mass is 9.84. The Balaban J connectivity index is 0.00000264. The van der Waals surface area contributed by atoms with E-state index in [1.54, 1.807) is 13.8 Å². The molecule has 2 atom stereocenters. The molecule has 0 aliphatic carbocycles. The minimum Gasteiger partial charge on any atom is -0.344 e. The van der Waals surface area contributed by atoms with Crippen molar-refractivity contribution in [2.24, 2.45) is 11.8 Å². The van der Waals surface area contributed by atoms with Crippen LogP contribution in [0.2, 0.25) is 0 Å². The quantitative estimate of drug-likeness (QED) is 0.731. The monoisotopic (exact) mass is 345 g/mol. The van der Waals surface area contributed by atoms with Gasteiger partial charge in [-0.05, 0) is 51.6 Å². The Hall–Kier alpha value is -1.14. The molecule has 6 nitrogen and oxygen atoms in total. The Kier molecular flexibility index (Phi) is 7.48. The molecule has 2 fully saturated rings. The van der Waals surface area contributed by atoms with Gasteiger partial charge < -0.3 is 10.6 Å². The second kappa shape index (κ2) is 8.64. The molecule has 0 spiro atoms. The van der Waals surface area contributed by atoms with Gasteiger partial charge in [-0.15, -0.1) is 12.4 Å². The largest absolute Gasteiger partial charge is 0.344 e. The van der Waals surface area contributed by atoms with Crippen LogP contribution in [-0.2, 0) is 14.4 Å². The SMILES string of the molecule is CC(CC(=O)NC1CC(=O)N(C(C)C)C1=O)C1CCNCC1.Cl. The maximum absolute atomic E-state index is 12.2. The minimum atomic E-state index is -0.678. The molecular weight excluding hydrogens is 318 g/mol. The number of imide groups is 1. The standard InChI is InChI=1S/C16H27N3O3.ClH/c1-10(2)19-15(21)9-13(16(19)22)18-14(20)8-11(3)12-4-6-17-7-5-12;/h10-13,17H,4-9H2,1-3H3,(H,18,20);1H. The lowest BCUT2D eigenvalue weighted by Gasteiger charge is -2.28. The molecule has 2 heterocycles. The molecule has 7 heteroatoms. The van der Waals surface area contributed by atoms with E-state index in [0.717, 1.165) is 25.9 Å². The van der Waals surface area contributed by atoms with E-state index in [2.05, 4.69) is 17.6 Å². The summed E-state index contributed by atoms with van der Waals surface area (Å²) >= 11 is 0. The predicted octanol–water partition coefficient (Wildman–Crippen LogP) is 1.09. The maximum atomic E-state index is 12.2. The first-order valence-electron chi connectivity index (χ1n) is 8.26. The first-order chi connectivity index (χ1) is 10.4. The number of rotatable bonds is 5. The Bertz CT molecular complexity index is 450. The number of hydrogen-bond acceptors (Lipinski definition) is 4. The van der Waals surface area contributed by atoms with Crippen molar-refractivity contribution in [3.63, 3.8) is 0 Å². The molecule has 0 aromatic heterocycles. The summed E-state index contributed by atoms with van der Waals surface area (Å²) in [5.41, 5.74) is 0. The van der Waals surface area contributed by atoms with Gasteiger partial charge in [0.05, 0.1) is 6.42 Å². The molecule has 0 bridgehead atoms. The summed E-state index contributed by atoms with van der Waals surface area (Å²) in [6.45, 7) is 7.72. The average Bonchev–Trinajstić information content (AvgIpc) is 2.74. The van der Waals surface area contributed by atoms with Crippen LogP contribution in [0, 0.1) is 11.8 Å². The summed E-state index contributed by atoms with van der Waals surface area (Å²) in [5.74, 6) is 0.262. The maximum Gasteiger partial charge on any atom is 0.252 e. The number of carbonyl (C=O) groups excluding carboxylic acids is 3. The summed E-state index contributed by atoms with van der Waals surface area (Å²) in [6.07, 6.45) is 2.70. The third-order valence-electron chi connectivity index (χ3n) is 4.73. The number of halogens is 1. The van der Waals surface area contributed by atoms with Crippen molar-refractivity contribution >= 4 is 30.1 Å². The van der Waals surface area contributed by atoms with Crippen LogP contribution >= 0.6 is 12.4 Å². The van der Waals surface area contributed by atoms with Crippen LogP contribution in [0.4, 0.5) is 0 Å². The van der Waals surface area contributed by atoms with E-state index in [4.69, 9.17) is 0 Å². The first-order valence-corrected chi connectivity index (χ1v) is 8.26. The van der Waals surface area contributed by atoms with Crippen LogP contribution in [0.25, 0.3) is 0 Å². The number of carbonyl (C=O) groups is 3. The number of likely N-dealkylation sites (tertiary alicyclic amines) is 1. The molecule has 132 valence electrons. The molecule has 2 saturated heterocycles. The molecule has 2 aliphatic heterocycles. The highest BCUT2D eigenvalue weighted by Gasteiger charge is 2.40. The van der Waals surface area contributed by atoms with Gasteiger partial charge in [0.1, 0.15) is 6.04 Å². The van der Waals surface area contributed by atoms with E-state index in [9.17, 15) is 14.4 Å². The van der Waals surface area contributed by atoms with Crippen molar-refractivity contribution in [3.05, 3.63) is 0 Å². The minimum absolute atomic E-state index is 0. The Morgan fingerprint density at radius 3 is 2.39 bits per heavy atom. The first kappa shape index (κ1) is 19.9. The third-order valence-corrected chi connectivity index (χ3v) is 4.73. The third kappa shape index (κ3) is 4.91. The fourth-order valence-corrected chi connectivity index (χ4v) is 3.43. The van der Waals surface area contributed by atoms with E-state index >= 15 is 0 Å². The van der Waals surface area contributed by atoms with Crippen LogP contribution in [0.5, 0.6) is 0 Å². The second-order valence-electron chi connectivity index (χ2n) is 6.79. The second-order valence-corrected chi connectivity index (χ2v) is 6.79. The number of nitrogens with one attached hydrogen (secondary N) is 2. The van der Waals surface area contributed by atoms with Crippen molar-refractivity contribution in [2.75, 3.05) is 13.1 Å². The van der Waals surface area contributed by atoms with Gasteiger partial charge in [0.15, 0.2) is 0 Å². The summed E-state index contributed by atoms with van der Waals surface area (Å²) < 4.78 is 0. The molecule has 2 N–H and O–H groups in total. The molecule has 0 radical (unpaired) electrons. The van der Waals surface area contributed by atoms with Crippen LogP contribution in [0.3, 0.4) is 0 Å². The lowest BCUT2D eigenvalue weighted by Crippen LogP contribution is -2.44. The zero-order valence-electron chi connectivity index (χ0n) is 14.1. The molecule has 0 aromatic carbocycles. The number of nitrogens with zero attached hydrogens (tertiary/aromatic N) is 1. The zero-order chi connectivity index (χ0) is 16.3. The van der Waals surface area contributed by atoms with E-state index in [1.165, 1.54) is 4.90 Å². The van der Waals surface area contributed by atoms with Crippen molar-refractivity contribution < 1.29 is 14.4 Å². The van der Waals surface area contributed by atoms with E-state index in [0.29, 0.717) is 18.3 Å². The van der Waals surface area contributed by atoms with Gasteiger partial charge in [0.25, 0.3) is 5.91 Å². The van der Waals surface area contributed by atoms with E-state index in [-0.39, 0.29) is 42.6 Å². The highest BCUT2D eigenvalue weighted by Crippen LogP contribution is 2.24. The molecule has 2 rings (SSSR count). The normalized spacial score (nSPS) is 23.8. The molecule has 23 heavy (non-hydrogen) atoms. The summed E-state index contributed by atoms with van der Waals surface area (Å²) in [7, 11) is 0. The van der Waals surface area contributed by atoms with Crippen LogP contribution in [-0.4, -0.2) is 47.8 Å². The molecule has 0 saturated carbocycles. The van der Waals surface area contributed by atoms with Gasteiger partial charge in [0.2, 0.25) is 11.8 Å². The fourth-order valence-electron chi connectivity index (χ4n) is 3.43. The number of piperidine rings is 1. The Morgan fingerprint density at radius 1 is 1.26 bits per heavy atom. The van der Waals surface area contributed by atoms with Crippen molar-refractivity contribution in [2.45, 2.75) is 58.5 Å². The number of hydrogen-bond donors (Lipinski definition) is 2. The summed E-state index contributed by atoms with van der Waals surface area (Å²) in [4.78, 5) is 37.4. The molecule has 2 aliphatic rings. The molecule has 2 unspecified atom stereocenters. The van der Waals surface area contributed by atoms with Crippen LogP contribution in [0.1, 0.15) is 46.5 Å². The predicted molar refractivity (Wildman–Crippen MR) is 90.2 cm³/mol. The molecular formula is C16H28ClN3O3. The van der Waals surface area contributed by atoms with Gasteiger partial charge in [-0.1, -0.05) is 6.92 Å². The van der Waals surface area contributed by atoms with Crippen molar-refractivity contribution in [1.82, 2.24) is 15.5 Å². The number of amides is 3.